The molecule has 84 valence electrons. The van der Waals surface area contributed by atoms with Crippen LogP contribution in [-0.2, 0) is 5.33 Å². The Morgan fingerprint density at radius 2 is 2.00 bits per heavy atom. The SMILES string of the molecule is Cc1cc(CBr)ccc1N(C)CC(C)C. The van der Waals surface area contributed by atoms with E-state index in [-0.39, 0.29) is 0 Å². The first-order chi connectivity index (χ1) is 7.04. The Morgan fingerprint density at radius 1 is 1.33 bits per heavy atom. The summed E-state index contributed by atoms with van der Waals surface area (Å²) in [6.45, 7) is 7.78. The van der Waals surface area contributed by atoms with Gasteiger partial charge in [0.05, 0.1) is 0 Å². The Bertz CT molecular complexity index is 320. The summed E-state index contributed by atoms with van der Waals surface area (Å²) in [6.07, 6.45) is 0. The van der Waals surface area contributed by atoms with Gasteiger partial charge in [-0.1, -0.05) is 41.9 Å². The van der Waals surface area contributed by atoms with E-state index in [0.717, 1.165) is 11.9 Å². The van der Waals surface area contributed by atoms with Crippen molar-refractivity contribution in [3.8, 4) is 0 Å². The van der Waals surface area contributed by atoms with E-state index in [4.69, 9.17) is 0 Å². The molecule has 1 rings (SSSR count). The zero-order chi connectivity index (χ0) is 11.4. The Balaban J connectivity index is 2.85. The highest BCUT2D eigenvalue weighted by atomic mass is 79.9. The van der Waals surface area contributed by atoms with Crippen molar-refractivity contribution in [2.24, 2.45) is 5.92 Å². The summed E-state index contributed by atoms with van der Waals surface area (Å²) in [6, 6.07) is 6.66. The van der Waals surface area contributed by atoms with Crippen molar-refractivity contribution in [3.05, 3.63) is 29.3 Å². The van der Waals surface area contributed by atoms with Gasteiger partial charge in [0.2, 0.25) is 0 Å². The van der Waals surface area contributed by atoms with Gasteiger partial charge in [-0.3, -0.25) is 0 Å². The maximum atomic E-state index is 3.48. The van der Waals surface area contributed by atoms with Gasteiger partial charge in [-0.15, -0.1) is 0 Å². The highest BCUT2D eigenvalue weighted by Gasteiger charge is 2.06. The first-order valence-electron chi connectivity index (χ1n) is 5.41. The van der Waals surface area contributed by atoms with Crippen molar-refractivity contribution < 1.29 is 0 Å². The lowest BCUT2D eigenvalue weighted by molar-refractivity contribution is 0.638. The fourth-order valence-electron chi connectivity index (χ4n) is 1.88. The van der Waals surface area contributed by atoms with Gasteiger partial charge in [-0.25, -0.2) is 0 Å². The fourth-order valence-corrected chi connectivity index (χ4v) is 2.22. The number of aryl methyl sites for hydroxylation is 1. The predicted molar refractivity (Wildman–Crippen MR) is 71.9 cm³/mol. The zero-order valence-corrected chi connectivity index (χ0v) is 11.6. The monoisotopic (exact) mass is 269 g/mol. The summed E-state index contributed by atoms with van der Waals surface area (Å²) < 4.78 is 0. The third kappa shape index (κ3) is 3.53. The van der Waals surface area contributed by atoms with E-state index in [1.54, 1.807) is 0 Å². The van der Waals surface area contributed by atoms with E-state index in [1.165, 1.54) is 16.8 Å². The Labute approximate surface area is 102 Å². The minimum absolute atomic E-state index is 0.699. The third-order valence-electron chi connectivity index (χ3n) is 2.47. The van der Waals surface area contributed by atoms with Gasteiger partial charge in [0, 0.05) is 24.6 Å². The molecule has 1 aromatic carbocycles. The first-order valence-corrected chi connectivity index (χ1v) is 6.53. The van der Waals surface area contributed by atoms with Crippen molar-refractivity contribution >= 4 is 21.6 Å². The molecular formula is C13H20BrN. The summed E-state index contributed by atoms with van der Waals surface area (Å²) in [5.41, 5.74) is 4.04. The molecule has 1 aromatic rings. The standard InChI is InChI=1S/C13H20BrN/c1-10(2)9-15(4)13-6-5-12(8-14)7-11(13)3/h5-7,10H,8-9H2,1-4H3. The molecule has 0 aliphatic carbocycles. The average Bonchev–Trinajstić information content (AvgIpc) is 2.16. The molecule has 0 aliphatic heterocycles. The van der Waals surface area contributed by atoms with E-state index >= 15 is 0 Å². The number of hydrogen-bond donors (Lipinski definition) is 0. The Morgan fingerprint density at radius 3 is 2.47 bits per heavy atom. The number of hydrogen-bond acceptors (Lipinski definition) is 1. The molecule has 0 bridgehead atoms. The van der Waals surface area contributed by atoms with Crippen molar-refractivity contribution in [1.82, 2.24) is 0 Å². The van der Waals surface area contributed by atoms with Crippen LogP contribution in [0.5, 0.6) is 0 Å². The summed E-state index contributed by atoms with van der Waals surface area (Å²) in [5.74, 6) is 0.699. The second kappa shape index (κ2) is 5.55. The zero-order valence-electron chi connectivity index (χ0n) is 10.0. The van der Waals surface area contributed by atoms with Crippen LogP contribution in [0.25, 0.3) is 0 Å². The van der Waals surface area contributed by atoms with E-state index in [9.17, 15) is 0 Å². The van der Waals surface area contributed by atoms with Crippen LogP contribution in [0.1, 0.15) is 25.0 Å². The van der Waals surface area contributed by atoms with Gasteiger partial charge in [0.1, 0.15) is 0 Å². The van der Waals surface area contributed by atoms with Crippen LogP contribution in [0.15, 0.2) is 18.2 Å². The van der Waals surface area contributed by atoms with Gasteiger partial charge in [-0.2, -0.15) is 0 Å². The summed E-state index contributed by atoms with van der Waals surface area (Å²) >= 11 is 3.48. The highest BCUT2D eigenvalue weighted by Crippen LogP contribution is 2.21. The molecule has 0 aliphatic rings. The maximum absolute atomic E-state index is 3.48. The van der Waals surface area contributed by atoms with Gasteiger partial charge < -0.3 is 4.90 Å². The number of benzene rings is 1. The largest absolute Gasteiger partial charge is 0.374 e. The second-order valence-electron chi connectivity index (χ2n) is 4.53. The third-order valence-corrected chi connectivity index (χ3v) is 3.11. The highest BCUT2D eigenvalue weighted by molar-refractivity contribution is 9.08. The lowest BCUT2D eigenvalue weighted by atomic mass is 10.1. The second-order valence-corrected chi connectivity index (χ2v) is 5.09. The van der Waals surface area contributed by atoms with E-state index in [1.807, 2.05) is 0 Å². The van der Waals surface area contributed by atoms with Crippen LogP contribution in [0, 0.1) is 12.8 Å². The summed E-state index contributed by atoms with van der Waals surface area (Å²) in [5, 5.41) is 0.933. The van der Waals surface area contributed by atoms with Crippen LogP contribution >= 0.6 is 15.9 Å². The molecule has 0 spiro atoms. The van der Waals surface area contributed by atoms with Crippen LogP contribution < -0.4 is 4.90 Å². The van der Waals surface area contributed by atoms with Crippen LogP contribution in [0.3, 0.4) is 0 Å². The molecule has 15 heavy (non-hydrogen) atoms. The lowest BCUT2D eigenvalue weighted by Crippen LogP contribution is -2.23. The molecule has 0 atom stereocenters. The van der Waals surface area contributed by atoms with Crippen LogP contribution in [-0.4, -0.2) is 13.6 Å². The summed E-state index contributed by atoms with van der Waals surface area (Å²) in [4.78, 5) is 2.33. The first kappa shape index (κ1) is 12.6. The minimum atomic E-state index is 0.699. The molecule has 0 N–H and O–H groups in total. The Kier molecular flexibility index (Phi) is 4.65. The van der Waals surface area contributed by atoms with Gasteiger partial charge >= 0.3 is 0 Å². The molecule has 0 aromatic heterocycles. The van der Waals surface area contributed by atoms with Crippen molar-refractivity contribution in [2.75, 3.05) is 18.5 Å². The van der Waals surface area contributed by atoms with E-state index in [0.29, 0.717) is 5.92 Å². The number of anilines is 1. The Hall–Kier alpha value is -0.500. The van der Waals surface area contributed by atoms with Gasteiger partial charge in [-0.05, 0) is 30.0 Å². The molecule has 0 fully saturated rings. The van der Waals surface area contributed by atoms with Crippen LogP contribution in [0.2, 0.25) is 0 Å². The lowest BCUT2D eigenvalue weighted by Gasteiger charge is -2.23. The average molecular weight is 270 g/mol. The quantitative estimate of drug-likeness (QED) is 0.748. The smallest absolute Gasteiger partial charge is 0.0393 e. The van der Waals surface area contributed by atoms with Crippen molar-refractivity contribution in [2.45, 2.75) is 26.1 Å². The number of nitrogens with zero attached hydrogens (tertiary/aromatic N) is 1. The van der Waals surface area contributed by atoms with Crippen LogP contribution in [0.4, 0.5) is 5.69 Å². The molecule has 0 amide bonds. The number of rotatable bonds is 4. The van der Waals surface area contributed by atoms with Gasteiger partial charge in [0.25, 0.3) is 0 Å². The minimum Gasteiger partial charge on any atom is -0.374 e. The predicted octanol–water partition coefficient (Wildman–Crippen LogP) is 3.98. The molecule has 0 heterocycles. The molecule has 0 saturated carbocycles. The number of halogens is 1. The maximum Gasteiger partial charge on any atom is 0.0393 e. The molecular weight excluding hydrogens is 250 g/mol. The van der Waals surface area contributed by atoms with Gasteiger partial charge in [0.15, 0.2) is 0 Å². The molecule has 0 radical (unpaired) electrons. The molecule has 0 saturated heterocycles. The topological polar surface area (TPSA) is 3.24 Å². The fraction of sp³-hybridized carbons (Fsp3) is 0.538. The normalized spacial score (nSPS) is 10.8. The van der Waals surface area contributed by atoms with E-state index < -0.39 is 0 Å². The summed E-state index contributed by atoms with van der Waals surface area (Å²) in [7, 11) is 2.16. The van der Waals surface area contributed by atoms with Crippen molar-refractivity contribution in [1.29, 1.82) is 0 Å². The molecule has 1 nitrogen and oxygen atoms in total. The number of alkyl halides is 1. The van der Waals surface area contributed by atoms with Crippen molar-refractivity contribution in [3.63, 3.8) is 0 Å². The van der Waals surface area contributed by atoms with E-state index in [2.05, 4.69) is 66.8 Å². The molecule has 0 unspecified atom stereocenters. The molecule has 2 heteroatoms.